The molecule has 0 saturated carbocycles. The van der Waals surface area contributed by atoms with E-state index in [0.717, 1.165) is 47.9 Å². The van der Waals surface area contributed by atoms with Crippen LogP contribution in [-0.4, -0.2) is 26.3 Å². The molecule has 0 saturated heterocycles. The van der Waals surface area contributed by atoms with Crippen LogP contribution in [0, 0.1) is 0 Å². The van der Waals surface area contributed by atoms with E-state index < -0.39 is 19.0 Å². The highest BCUT2D eigenvalue weighted by Gasteiger charge is 2.29. The summed E-state index contributed by atoms with van der Waals surface area (Å²) in [6, 6.07) is 1.89. The number of benzene rings is 1. The lowest BCUT2D eigenvalue weighted by molar-refractivity contribution is -0.114. The third kappa shape index (κ3) is 4.41. The fourth-order valence-electron chi connectivity index (χ4n) is 3.16. The third-order valence-corrected chi connectivity index (χ3v) is 6.07. The molecule has 2 rings (SSSR count). The van der Waals surface area contributed by atoms with E-state index in [1.807, 2.05) is 26.8 Å². The van der Waals surface area contributed by atoms with Gasteiger partial charge in [-0.3, -0.25) is 9.36 Å². The molecule has 1 atom stereocenters. The molecule has 0 heterocycles. The van der Waals surface area contributed by atoms with Crippen LogP contribution in [0.3, 0.4) is 0 Å². The monoisotopic (exact) mass is 366 g/mol. The molecule has 1 unspecified atom stereocenters. The lowest BCUT2D eigenvalue weighted by Crippen LogP contribution is -2.16. The van der Waals surface area contributed by atoms with Crippen LogP contribution in [0.1, 0.15) is 62.8 Å². The molecule has 3 N–H and O–H groups in total. The van der Waals surface area contributed by atoms with Gasteiger partial charge in [-0.15, -0.1) is 0 Å². The maximum atomic E-state index is 12.1. The Morgan fingerprint density at radius 2 is 1.76 bits per heavy atom. The number of fused-ring (bicyclic) bond motifs is 1. The first-order chi connectivity index (χ1) is 11.4. The molecule has 5 nitrogen and oxygen atoms in total. The molecule has 1 aliphatic carbocycles. The van der Waals surface area contributed by atoms with Crippen molar-refractivity contribution in [3.05, 3.63) is 34.4 Å². The number of phenols is 1. The molecule has 0 spiro atoms. The van der Waals surface area contributed by atoms with Crippen LogP contribution < -0.4 is 0 Å². The van der Waals surface area contributed by atoms with E-state index in [2.05, 4.69) is 0 Å². The highest BCUT2D eigenvalue weighted by atomic mass is 31.2. The van der Waals surface area contributed by atoms with E-state index in [4.69, 9.17) is 9.79 Å². The molecule has 25 heavy (non-hydrogen) atoms. The van der Waals surface area contributed by atoms with Gasteiger partial charge in [-0.25, -0.2) is 0 Å². The Hall–Kier alpha value is -1.42. The fraction of sp³-hybridized carbons (Fsp3) is 0.526. The predicted molar refractivity (Wildman–Crippen MR) is 99.0 cm³/mol. The van der Waals surface area contributed by atoms with Crippen molar-refractivity contribution in [3.63, 3.8) is 0 Å². The number of allylic oxidation sites excluding steroid dienone is 1. The lowest BCUT2D eigenvalue weighted by Gasteiger charge is -2.27. The number of carbonyl (C=O) groups is 1. The number of phenolic OH excluding ortho intramolecular Hbond substituents is 1. The van der Waals surface area contributed by atoms with Crippen molar-refractivity contribution in [3.8, 4) is 5.75 Å². The van der Waals surface area contributed by atoms with Gasteiger partial charge in [-0.05, 0) is 66.9 Å². The summed E-state index contributed by atoms with van der Waals surface area (Å²) in [6.45, 7) is 7.30. The van der Waals surface area contributed by atoms with Gasteiger partial charge in [0.15, 0.2) is 5.78 Å². The molecule has 0 bridgehead atoms. The van der Waals surface area contributed by atoms with E-state index in [9.17, 15) is 14.5 Å². The molecule has 0 amide bonds. The summed E-state index contributed by atoms with van der Waals surface area (Å²) in [5.41, 5.74) is 2.05. The molecule has 1 aromatic rings. The second kappa shape index (κ2) is 7.06. The minimum atomic E-state index is -4.44. The van der Waals surface area contributed by atoms with E-state index in [0.29, 0.717) is 5.75 Å². The fourth-order valence-corrected chi connectivity index (χ4v) is 3.57. The van der Waals surface area contributed by atoms with Gasteiger partial charge in [0.25, 0.3) is 0 Å². The maximum Gasteiger partial charge on any atom is 0.336 e. The number of rotatable bonds is 4. The van der Waals surface area contributed by atoms with E-state index >= 15 is 0 Å². The van der Waals surface area contributed by atoms with Crippen LogP contribution in [0.2, 0.25) is 0 Å². The largest absolute Gasteiger partial charge is 0.507 e. The molecule has 138 valence electrons. The third-order valence-electron chi connectivity index (χ3n) is 4.81. The van der Waals surface area contributed by atoms with Gasteiger partial charge in [0.2, 0.25) is 0 Å². The minimum Gasteiger partial charge on any atom is -0.507 e. The van der Waals surface area contributed by atoms with Crippen LogP contribution in [0.15, 0.2) is 12.1 Å². The molecule has 1 aromatic carbocycles. The van der Waals surface area contributed by atoms with Crippen molar-refractivity contribution in [2.75, 3.05) is 0 Å². The smallest absolute Gasteiger partial charge is 0.336 e. The highest BCUT2D eigenvalue weighted by Crippen LogP contribution is 2.42. The topological polar surface area (TPSA) is 94.8 Å². The highest BCUT2D eigenvalue weighted by molar-refractivity contribution is 7.53. The zero-order valence-corrected chi connectivity index (χ0v) is 16.1. The Morgan fingerprint density at radius 1 is 1.20 bits per heavy atom. The van der Waals surface area contributed by atoms with Gasteiger partial charge >= 0.3 is 7.60 Å². The van der Waals surface area contributed by atoms with E-state index in [-0.39, 0.29) is 5.41 Å². The molecule has 0 aliphatic heterocycles. The molecule has 0 aromatic heterocycles. The summed E-state index contributed by atoms with van der Waals surface area (Å²) in [4.78, 5) is 30.4. The Balaban J connectivity index is 2.49. The second-order valence-corrected chi connectivity index (χ2v) is 9.73. The van der Waals surface area contributed by atoms with Crippen molar-refractivity contribution >= 4 is 19.5 Å². The van der Waals surface area contributed by atoms with Gasteiger partial charge in [0.1, 0.15) is 11.4 Å². The van der Waals surface area contributed by atoms with Crippen molar-refractivity contribution in [2.24, 2.45) is 0 Å². The number of hydrogen-bond acceptors (Lipinski definition) is 3. The van der Waals surface area contributed by atoms with Crippen LogP contribution in [0.5, 0.6) is 5.75 Å². The molecule has 0 fully saturated rings. The minimum absolute atomic E-state index is 0.248. The van der Waals surface area contributed by atoms with Crippen molar-refractivity contribution in [1.29, 1.82) is 0 Å². The molecule has 0 radical (unpaired) electrons. The van der Waals surface area contributed by atoms with Crippen LogP contribution in [-0.2, 0) is 27.6 Å². The Morgan fingerprint density at radius 3 is 2.28 bits per heavy atom. The average Bonchev–Trinajstić information content (AvgIpc) is 2.51. The van der Waals surface area contributed by atoms with Gasteiger partial charge in [0.05, 0.1) is 0 Å². The van der Waals surface area contributed by atoms with Crippen molar-refractivity contribution in [1.82, 2.24) is 0 Å². The molecule has 1 aliphatic rings. The molecular weight excluding hydrogens is 339 g/mol. The SMILES string of the molecule is CC(C(=O)C=Cc1cc(C(C)(C)C)c(O)c2c1CCCC2)P(=O)(O)O. The summed E-state index contributed by atoms with van der Waals surface area (Å²) in [5.74, 6) is -0.252. The number of aromatic hydroxyl groups is 1. The Kier molecular flexibility index (Phi) is 5.62. The Labute approximate surface area is 148 Å². The van der Waals surface area contributed by atoms with Crippen LogP contribution in [0.4, 0.5) is 0 Å². The lowest BCUT2D eigenvalue weighted by atomic mass is 9.79. The van der Waals surface area contributed by atoms with Gasteiger partial charge in [0, 0.05) is 5.56 Å². The second-order valence-electron chi connectivity index (χ2n) is 7.78. The maximum absolute atomic E-state index is 12.1. The van der Waals surface area contributed by atoms with Gasteiger partial charge in [-0.1, -0.05) is 26.8 Å². The van der Waals surface area contributed by atoms with Crippen LogP contribution >= 0.6 is 7.60 Å². The number of ketones is 1. The van der Waals surface area contributed by atoms with Crippen molar-refractivity contribution in [2.45, 2.75) is 64.5 Å². The first-order valence-electron chi connectivity index (χ1n) is 8.58. The van der Waals surface area contributed by atoms with E-state index in [1.165, 1.54) is 13.0 Å². The Bertz CT molecular complexity index is 752. The standard InChI is InChI=1S/C19H27O5P/c1-12(25(22,23)24)17(20)10-9-13-11-16(19(2,3)4)18(21)15-8-6-5-7-14(13)15/h9-12,21H,5-8H2,1-4H3,(H2,22,23,24). The predicted octanol–water partition coefficient (Wildman–Crippen LogP) is 3.72. The number of hydrogen-bond donors (Lipinski definition) is 3. The number of carbonyl (C=O) groups excluding carboxylic acids is 1. The first-order valence-corrected chi connectivity index (χ1v) is 10.3. The van der Waals surface area contributed by atoms with E-state index in [1.54, 1.807) is 6.08 Å². The summed E-state index contributed by atoms with van der Waals surface area (Å²) in [7, 11) is -4.44. The quantitative estimate of drug-likeness (QED) is 0.558. The summed E-state index contributed by atoms with van der Waals surface area (Å²) in [5, 5.41) is 10.7. The normalized spacial score (nSPS) is 16.7. The van der Waals surface area contributed by atoms with Gasteiger partial charge in [-0.2, -0.15) is 0 Å². The van der Waals surface area contributed by atoms with Crippen molar-refractivity contribution < 1.29 is 24.3 Å². The molecule has 6 heteroatoms. The first kappa shape index (κ1) is 19.9. The zero-order chi connectivity index (χ0) is 19.0. The van der Waals surface area contributed by atoms with Gasteiger partial charge < -0.3 is 14.9 Å². The summed E-state index contributed by atoms with van der Waals surface area (Å²) < 4.78 is 11.3. The zero-order valence-electron chi connectivity index (χ0n) is 15.2. The molecular formula is C19H27O5P. The average molecular weight is 366 g/mol. The van der Waals surface area contributed by atoms with Crippen LogP contribution in [0.25, 0.3) is 6.08 Å². The summed E-state index contributed by atoms with van der Waals surface area (Å²) >= 11 is 0. The summed E-state index contributed by atoms with van der Waals surface area (Å²) in [6.07, 6.45) is 6.55.